The van der Waals surface area contributed by atoms with Crippen molar-refractivity contribution in [3.8, 4) is 5.69 Å². The lowest BCUT2D eigenvalue weighted by atomic mass is 9.91. The van der Waals surface area contributed by atoms with E-state index in [0.717, 1.165) is 29.4 Å². The van der Waals surface area contributed by atoms with Crippen LogP contribution in [0.5, 0.6) is 0 Å². The molecule has 29 heavy (non-hydrogen) atoms. The van der Waals surface area contributed by atoms with E-state index in [2.05, 4.69) is 14.4 Å². The fourth-order valence-electron chi connectivity index (χ4n) is 3.91. The first-order valence-electron chi connectivity index (χ1n) is 10.2. The Kier molecular flexibility index (Phi) is 5.76. The van der Waals surface area contributed by atoms with E-state index in [1.54, 1.807) is 24.0 Å². The molecular formula is C22H26N4O2S. The van der Waals surface area contributed by atoms with Gasteiger partial charge in [-0.1, -0.05) is 26.2 Å². The third-order valence-corrected chi connectivity index (χ3v) is 7.91. The normalized spacial score (nSPS) is 17.1. The SMILES string of the molecule is CCC(=O)N=S(=O)(CC1CCCCC1)c1ccc2nn(-c3cccnc3)cc2c1. The molecule has 1 saturated carbocycles. The Morgan fingerprint density at radius 3 is 2.79 bits per heavy atom. The van der Waals surface area contributed by atoms with Gasteiger partial charge in [0.05, 0.1) is 27.1 Å². The van der Waals surface area contributed by atoms with Crippen molar-refractivity contribution >= 4 is 26.5 Å². The van der Waals surface area contributed by atoms with Crippen LogP contribution in [0.25, 0.3) is 16.6 Å². The van der Waals surface area contributed by atoms with Gasteiger partial charge in [-0.3, -0.25) is 9.78 Å². The summed E-state index contributed by atoms with van der Waals surface area (Å²) in [5.74, 6) is 0.525. The third kappa shape index (κ3) is 4.40. The molecule has 2 heterocycles. The molecule has 7 heteroatoms. The van der Waals surface area contributed by atoms with Gasteiger partial charge in [0.2, 0.25) is 0 Å². The molecule has 1 amide bonds. The summed E-state index contributed by atoms with van der Waals surface area (Å²) in [7, 11) is -2.80. The molecule has 0 saturated heterocycles. The highest BCUT2D eigenvalue weighted by Crippen LogP contribution is 2.29. The zero-order valence-corrected chi connectivity index (χ0v) is 17.5. The Balaban J connectivity index is 1.74. The van der Waals surface area contributed by atoms with E-state index in [9.17, 15) is 9.00 Å². The third-order valence-electron chi connectivity index (χ3n) is 5.49. The molecule has 1 aromatic carbocycles. The van der Waals surface area contributed by atoms with Crippen molar-refractivity contribution in [3.05, 3.63) is 48.9 Å². The first kappa shape index (κ1) is 19.8. The van der Waals surface area contributed by atoms with Gasteiger partial charge in [-0.15, -0.1) is 0 Å². The van der Waals surface area contributed by atoms with E-state index in [1.807, 2.05) is 36.5 Å². The monoisotopic (exact) mass is 410 g/mol. The van der Waals surface area contributed by atoms with Crippen molar-refractivity contribution in [2.75, 3.05) is 5.75 Å². The molecule has 0 radical (unpaired) electrons. The Hall–Kier alpha value is -2.54. The molecule has 1 aliphatic carbocycles. The number of hydrogen-bond donors (Lipinski definition) is 0. The zero-order valence-electron chi connectivity index (χ0n) is 16.7. The Bertz CT molecular complexity index is 1120. The van der Waals surface area contributed by atoms with Crippen LogP contribution in [0, 0.1) is 5.92 Å². The maximum absolute atomic E-state index is 13.9. The van der Waals surface area contributed by atoms with Crippen molar-refractivity contribution in [3.63, 3.8) is 0 Å². The fraction of sp³-hybridized carbons (Fsp3) is 0.409. The van der Waals surface area contributed by atoms with Crippen molar-refractivity contribution in [1.29, 1.82) is 0 Å². The summed E-state index contributed by atoms with van der Waals surface area (Å²) < 4.78 is 19.9. The minimum absolute atomic E-state index is 0.267. The molecule has 0 aliphatic heterocycles. The quantitative estimate of drug-likeness (QED) is 0.607. The second kappa shape index (κ2) is 8.45. The molecule has 6 nitrogen and oxygen atoms in total. The molecule has 0 spiro atoms. The predicted octanol–water partition coefficient (Wildman–Crippen LogP) is 4.76. The van der Waals surface area contributed by atoms with Crippen LogP contribution >= 0.6 is 0 Å². The van der Waals surface area contributed by atoms with Crippen molar-refractivity contribution in [2.45, 2.75) is 50.3 Å². The average Bonchev–Trinajstić information content (AvgIpc) is 3.18. The number of fused-ring (bicyclic) bond motifs is 1. The van der Waals surface area contributed by atoms with E-state index < -0.39 is 9.73 Å². The molecule has 4 rings (SSSR count). The van der Waals surface area contributed by atoms with Gasteiger partial charge in [0.15, 0.2) is 0 Å². The van der Waals surface area contributed by atoms with E-state index in [-0.39, 0.29) is 12.3 Å². The predicted molar refractivity (Wildman–Crippen MR) is 114 cm³/mol. The summed E-state index contributed by atoms with van der Waals surface area (Å²) in [6, 6.07) is 9.36. The summed E-state index contributed by atoms with van der Waals surface area (Å²) in [5, 5.41) is 5.46. The number of amides is 1. The first-order valence-corrected chi connectivity index (χ1v) is 11.9. The minimum Gasteiger partial charge on any atom is -0.272 e. The van der Waals surface area contributed by atoms with Crippen LogP contribution in [0.1, 0.15) is 45.4 Å². The lowest BCUT2D eigenvalue weighted by Gasteiger charge is -2.23. The van der Waals surface area contributed by atoms with Crippen LogP contribution in [0.2, 0.25) is 0 Å². The van der Waals surface area contributed by atoms with Gasteiger partial charge in [-0.05, 0) is 49.1 Å². The molecule has 1 fully saturated rings. The van der Waals surface area contributed by atoms with Crippen LogP contribution < -0.4 is 0 Å². The summed E-state index contributed by atoms with van der Waals surface area (Å²) >= 11 is 0. The highest BCUT2D eigenvalue weighted by Gasteiger charge is 2.23. The second-order valence-electron chi connectivity index (χ2n) is 7.66. The van der Waals surface area contributed by atoms with E-state index in [1.165, 1.54) is 19.3 Å². The number of benzene rings is 1. The summed E-state index contributed by atoms with van der Waals surface area (Å²) in [6.07, 6.45) is 11.3. The van der Waals surface area contributed by atoms with Gasteiger partial charge in [-0.2, -0.15) is 9.46 Å². The van der Waals surface area contributed by atoms with Gasteiger partial charge in [0.1, 0.15) is 0 Å². The lowest BCUT2D eigenvalue weighted by Crippen LogP contribution is -2.20. The van der Waals surface area contributed by atoms with Crippen LogP contribution in [-0.4, -0.2) is 30.6 Å². The standard InChI is InChI=1S/C22H26N4O2S/c1-2-22(27)25-29(28,16-17-7-4-3-5-8-17)20-10-11-21-18(13-20)15-26(24-21)19-9-6-12-23-14-19/h6,9-15,17H,2-5,7-8,16H2,1H3. The lowest BCUT2D eigenvalue weighted by molar-refractivity contribution is -0.117. The number of carbonyl (C=O) groups is 1. The Morgan fingerprint density at radius 2 is 2.07 bits per heavy atom. The number of aromatic nitrogens is 3. The number of rotatable bonds is 5. The number of pyridine rings is 1. The largest absolute Gasteiger partial charge is 0.272 e. The molecule has 0 N–H and O–H groups in total. The van der Waals surface area contributed by atoms with Gasteiger partial charge in [-0.25, -0.2) is 8.89 Å². The maximum atomic E-state index is 13.9. The molecule has 2 aromatic heterocycles. The first-order chi connectivity index (χ1) is 14.1. The van der Waals surface area contributed by atoms with Crippen LogP contribution in [0.3, 0.4) is 0 Å². The van der Waals surface area contributed by atoms with Crippen molar-refractivity contribution < 1.29 is 9.00 Å². The molecule has 1 aliphatic rings. The molecular weight excluding hydrogens is 384 g/mol. The molecule has 152 valence electrons. The Labute approximate surface area is 171 Å². The second-order valence-corrected chi connectivity index (χ2v) is 9.92. The molecule has 1 unspecified atom stereocenters. The number of hydrogen-bond acceptors (Lipinski definition) is 4. The maximum Gasteiger partial charge on any atom is 0.253 e. The molecule has 3 aromatic rings. The van der Waals surface area contributed by atoms with Gasteiger partial charge < -0.3 is 0 Å². The fourth-order valence-corrected chi connectivity index (χ4v) is 6.31. The van der Waals surface area contributed by atoms with Gasteiger partial charge in [0, 0.05) is 34.8 Å². The van der Waals surface area contributed by atoms with Gasteiger partial charge >= 0.3 is 0 Å². The van der Waals surface area contributed by atoms with Crippen LogP contribution in [0.4, 0.5) is 0 Å². The highest BCUT2D eigenvalue weighted by molar-refractivity contribution is 7.94. The smallest absolute Gasteiger partial charge is 0.253 e. The average molecular weight is 411 g/mol. The number of nitrogens with zero attached hydrogens (tertiary/aromatic N) is 4. The van der Waals surface area contributed by atoms with Crippen LogP contribution in [0.15, 0.2) is 58.2 Å². The Morgan fingerprint density at radius 1 is 1.24 bits per heavy atom. The molecule has 1 atom stereocenters. The van der Waals surface area contributed by atoms with Crippen molar-refractivity contribution in [2.24, 2.45) is 10.3 Å². The summed E-state index contributed by atoms with van der Waals surface area (Å²) in [6.45, 7) is 1.76. The van der Waals surface area contributed by atoms with E-state index in [4.69, 9.17) is 0 Å². The minimum atomic E-state index is -2.80. The summed E-state index contributed by atoms with van der Waals surface area (Å²) in [4.78, 5) is 16.9. The highest BCUT2D eigenvalue weighted by atomic mass is 32.2. The van der Waals surface area contributed by atoms with Gasteiger partial charge in [0.25, 0.3) is 5.91 Å². The van der Waals surface area contributed by atoms with Crippen LogP contribution in [-0.2, 0) is 14.5 Å². The summed E-state index contributed by atoms with van der Waals surface area (Å²) in [5.41, 5.74) is 1.66. The van der Waals surface area contributed by atoms with Crippen molar-refractivity contribution in [1.82, 2.24) is 14.8 Å². The van der Waals surface area contributed by atoms with E-state index >= 15 is 0 Å². The topological polar surface area (TPSA) is 77.2 Å². The number of carbonyl (C=O) groups excluding carboxylic acids is 1. The molecule has 0 bridgehead atoms. The van der Waals surface area contributed by atoms with E-state index in [0.29, 0.717) is 16.6 Å². The zero-order chi connectivity index (χ0) is 20.3.